The molecule has 5 nitrogen and oxygen atoms in total. The minimum atomic E-state index is -2.92. The third-order valence-corrected chi connectivity index (χ3v) is 5.59. The van der Waals surface area contributed by atoms with Crippen molar-refractivity contribution in [3.05, 3.63) is 0 Å². The summed E-state index contributed by atoms with van der Waals surface area (Å²) >= 11 is 0. The second kappa shape index (κ2) is 7.20. The van der Waals surface area contributed by atoms with E-state index in [9.17, 15) is 8.42 Å². The maximum Gasteiger partial charge on any atom is 0.148 e. The molecular weight excluding hydrogens is 274 g/mol. The zero-order valence-corrected chi connectivity index (χ0v) is 14.2. The predicted molar refractivity (Wildman–Crippen MR) is 84.7 cm³/mol. The number of hydrogen-bond donors (Lipinski definition) is 1. The van der Waals surface area contributed by atoms with Crippen molar-refractivity contribution in [2.45, 2.75) is 44.7 Å². The lowest BCUT2D eigenvalue weighted by atomic mass is 9.89. The minimum absolute atomic E-state index is 0.0473. The summed E-state index contributed by atoms with van der Waals surface area (Å²) in [5, 5.41) is 0. The molecule has 1 aliphatic rings. The predicted octanol–water partition coefficient (Wildman–Crippen LogP) is 0.555. The highest BCUT2D eigenvalue weighted by Crippen LogP contribution is 2.27. The van der Waals surface area contributed by atoms with Gasteiger partial charge in [-0.15, -0.1) is 0 Å². The molecule has 1 atom stereocenters. The molecule has 0 aromatic rings. The van der Waals surface area contributed by atoms with Gasteiger partial charge >= 0.3 is 0 Å². The van der Waals surface area contributed by atoms with Crippen LogP contribution < -0.4 is 5.73 Å². The van der Waals surface area contributed by atoms with E-state index in [2.05, 4.69) is 23.6 Å². The molecule has 6 heteroatoms. The fourth-order valence-corrected chi connectivity index (χ4v) is 3.60. The van der Waals surface area contributed by atoms with E-state index in [0.29, 0.717) is 19.1 Å². The number of hydrogen-bond acceptors (Lipinski definition) is 5. The van der Waals surface area contributed by atoms with Crippen molar-refractivity contribution >= 4 is 9.84 Å². The second-order valence-electron chi connectivity index (χ2n) is 6.46. The van der Waals surface area contributed by atoms with Gasteiger partial charge in [0.25, 0.3) is 0 Å². The first kappa shape index (κ1) is 17.9. The highest BCUT2D eigenvalue weighted by Gasteiger charge is 2.35. The molecule has 1 rings (SSSR count). The molecule has 1 aliphatic heterocycles. The highest BCUT2D eigenvalue weighted by molar-refractivity contribution is 7.90. The maximum atomic E-state index is 11.4. The summed E-state index contributed by atoms with van der Waals surface area (Å²) in [5.74, 6) is 0.207. The Bertz CT molecular complexity index is 397. The zero-order valence-electron chi connectivity index (χ0n) is 13.4. The number of rotatable bonds is 6. The Morgan fingerprint density at radius 2 is 1.95 bits per heavy atom. The SMILES string of the molecule is CC(C)N1CCCC(CN)(N(C)CCS(C)(=O)=O)CC1. The Labute approximate surface area is 124 Å². The molecule has 2 N–H and O–H groups in total. The van der Waals surface area contributed by atoms with Crippen LogP contribution in [0.1, 0.15) is 33.1 Å². The van der Waals surface area contributed by atoms with Gasteiger partial charge in [0.2, 0.25) is 0 Å². The Morgan fingerprint density at radius 3 is 2.45 bits per heavy atom. The molecule has 1 heterocycles. The molecule has 0 aromatic carbocycles. The molecule has 0 aromatic heterocycles. The molecule has 0 saturated carbocycles. The van der Waals surface area contributed by atoms with Crippen molar-refractivity contribution in [3.8, 4) is 0 Å². The van der Waals surface area contributed by atoms with Crippen molar-refractivity contribution in [2.24, 2.45) is 5.73 Å². The third kappa shape index (κ3) is 4.98. The Morgan fingerprint density at radius 1 is 1.30 bits per heavy atom. The van der Waals surface area contributed by atoms with Gasteiger partial charge in [0, 0.05) is 37.5 Å². The average Bonchev–Trinajstić information content (AvgIpc) is 2.58. The molecule has 0 radical (unpaired) electrons. The van der Waals surface area contributed by atoms with Gasteiger partial charge < -0.3 is 10.6 Å². The first-order valence-corrected chi connectivity index (χ1v) is 9.59. The van der Waals surface area contributed by atoms with E-state index in [4.69, 9.17) is 5.73 Å². The van der Waals surface area contributed by atoms with E-state index >= 15 is 0 Å². The molecule has 20 heavy (non-hydrogen) atoms. The first-order valence-electron chi connectivity index (χ1n) is 7.53. The maximum absolute atomic E-state index is 11.4. The fourth-order valence-electron chi connectivity index (χ4n) is 3.00. The van der Waals surface area contributed by atoms with Crippen molar-refractivity contribution in [1.82, 2.24) is 9.80 Å². The number of nitrogens with zero attached hydrogens (tertiary/aromatic N) is 2. The molecule has 1 fully saturated rings. The van der Waals surface area contributed by atoms with Crippen LogP contribution in [0.15, 0.2) is 0 Å². The Balaban J connectivity index is 2.71. The minimum Gasteiger partial charge on any atom is -0.329 e. The van der Waals surface area contributed by atoms with Crippen LogP contribution in [-0.4, -0.2) is 75.0 Å². The average molecular weight is 305 g/mol. The van der Waals surface area contributed by atoms with E-state index in [1.165, 1.54) is 6.26 Å². The van der Waals surface area contributed by atoms with Gasteiger partial charge in [-0.3, -0.25) is 4.90 Å². The lowest BCUT2D eigenvalue weighted by molar-refractivity contribution is 0.111. The summed E-state index contributed by atoms with van der Waals surface area (Å²) in [7, 11) is -0.902. The summed E-state index contributed by atoms with van der Waals surface area (Å²) in [6.45, 7) is 7.76. The van der Waals surface area contributed by atoms with Crippen LogP contribution in [0.4, 0.5) is 0 Å². The monoisotopic (exact) mass is 305 g/mol. The van der Waals surface area contributed by atoms with Crippen LogP contribution >= 0.6 is 0 Å². The van der Waals surface area contributed by atoms with Crippen LogP contribution in [0, 0.1) is 0 Å². The zero-order chi connectivity index (χ0) is 15.4. The number of likely N-dealkylation sites (tertiary alicyclic amines) is 1. The molecule has 1 saturated heterocycles. The lowest BCUT2D eigenvalue weighted by Gasteiger charge is -2.41. The Kier molecular flexibility index (Phi) is 6.44. The van der Waals surface area contributed by atoms with E-state index in [-0.39, 0.29) is 11.3 Å². The molecular formula is C14H31N3O2S. The van der Waals surface area contributed by atoms with E-state index in [0.717, 1.165) is 32.4 Å². The van der Waals surface area contributed by atoms with Gasteiger partial charge in [-0.05, 0) is 46.7 Å². The molecule has 1 unspecified atom stereocenters. The fraction of sp³-hybridized carbons (Fsp3) is 1.00. The van der Waals surface area contributed by atoms with Gasteiger partial charge in [-0.2, -0.15) is 0 Å². The van der Waals surface area contributed by atoms with Crippen LogP contribution in [0.5, 0.6) is 0 Å². The highest BCUT2D eigenvalue weighted by atomic mass is 32.2. The normalized spacial score (nSPS) is 26.1. The van der Waals surface area contributed by atoms with Crippen LogP contribution in [-0.2, 0) is 9.84 Å². The Hall–Kier alpha value is -0.170. The van der Waals surface area contributed by atoms with E-state index < -0.39 is 9.84 Å². The van der Waals surface area contributed by atoms with Crippen LogP contribution in [0.2, 0.25) is 0 Å². The molecule has 0 spiro atoms. The lowest BCUT2D eigenvalue weighted by Crippen LogP contribution is -2.53. The first-order chi connectivity index (χ1) is 9.20. The van der Waals surface area contributed by atoms with Crippen molar-refractivity contribution in [2.75, 3.05) is 45.2 Å². The smallest absolute Gasteiger partial charge is 0.148 e. The largest absolute Gasteiger partial charge is 0.329 e. The van der Waals surface area contributed by atoms with Crippen molar-refractivity contribution < 1.29 is 8.42 Å². The van der Waals surface area contributed by atoms with E-state index in [1.807, 2.05) is 7.05 Å². The van der Waals surface area contributed by atoms with Crippen molar-refractivity contribution in [1.29, 1.82) is 0 Å². The van der Waals surface area contributed by atoms with Gasteiger partial charge in [0.15, 0.2) is 0 Å². The van der Waals surface area contributed by atoms with Gasteiger partial charge in [-0.25, -0.2) is 8.42 Å². The molecule has 0 amide bonds. The standard InChI is InChI=1S/C14H31N3O2S/c1-13(2)17-8-5-6-14(12-15,7-9-17)16(3)10-11-20(4,18)19/h13H,5-12,15H2,1-4H3. The number of likely N-dealkylation sites (N-methyl/N-ethyl adjacent to an activating group) is 1. The van der Waals surface area contributed by atoms with Crippen molar-refractivity contribution in [3.63, 3.8) is 0 Å². The van der Waals surface area contributed by atoms with Gasteiger partial charge in [-0.1, -0.05) is 0 Å². The number of nitrogens with two attached hydrogens (primary N) is 1. The summed E-state index contributed by atoms with van der Waals surface area (Å²) in [6.07, 6.45) is 4.48. The van der Waals surface area contributed by atoms with Gasteiger partial charge in [0.1, 0.15) is 9.84 Å². The van der Waals surface area contributed by atoms with Crippen LogP contribution in [0.25, 0.3) is 0 Å². The summed E-state index contributed by atoms with van der Waals surface area (Å²) in [4.78, 5) is 4.67. The third-order valence-electron chi connectivity index (χ3n) is 4.67. The quantitative estimate of drug-likeness (QED) is 0.776. The number of sulfone groups is 1. The topological polar surface area (TPSA) is 66.6 Å². The second-order valence-corrected chi connectivity index (χ2v) is 8.72. The summed E-state index contributed by atoms with van der Waals surface area (Å²) in [6, 6.07) is 0.560. The summed E-state index contributed by atoms with van der Waals surface area (Å²) in [5.41, 5.74) is 6.01. The summed E-state index contributed by atoms with van der Waals surface area (Å²) < 4.78 is 22.7. The van der Waals surface area contributed by atoms with E-state index in [1.54, 1.807) is 0 Å². The molecule has 0 bridgehead atoms. The molecule has 120 valence electrons. The van der Waals surface area contributed by atoms with Gasteiger partial charge in [0.05, 0.1) is 5.75 Å². The molecule has 0 aliphatic carbocycles. The van der Waals surface area contributed by atoms with Crippen LogP contribution in [0.3, 0.4) is 0 Å².